The SMILES string of the molecule is CN(Cc1cscn1)C(=O)CCC(C)(C)CCN. The van der Waals surface area contributed by atoms with Crippen molar-refractivity contribution >= 4 is 17.2 Å². The Morgan fingerprint density at radius 1 is 1.50 bits per heavy atom. The lowest BCUT2D eigenvalue weighted by Crippen LogP contribution is -2.28. The molecular weight excluding hydrogens is 246 g/mol. The van der Waals surface area contributed by atoms with Gasteiger partial charge in [-0.1, -0.05) is 13.8 Å². The number of carbonyl (C=O) groups is 1. The zero-order valence-corrected chi connectivity index (χ0v) is 12.3. The molecule has 18 heavy (non-hydrogen) atoms. The molecule has 1 aromatic rings. The average molecular weight is 269 g/mol. The zero-order valence-electron chi connectivity index (χ0n) is 11.5. The van der Waals surface area contributed by atoms with Crippen molar-refractivity contribution in [3.05, 3.63) is 16.6 Å². The highest BCUT2D eigenvalue weighted by atomic mass is 32.1. The highest BCUT2D eigenvalue weighted by molar-refractivity contribution is 7.07. The lowest BCUT2D eigenvalue weighted by Gasteiger charge is -2.25. The van der Waals surface area contributed by atoms with Gasteiger partial charge in [0.1, 0.15) is 0 Å². The first-order chi connectivity index (χ1) is 8.44. The van der Waals surface area contributed by atoms with Gasteiger partial charge in [0.2, 0.25) is 5.91 Å². The third kappa shape index (κ3) is 5.14. The van der Waals surface area contributed by atoms with Gasteiger partial charge in [-0.2, -0.15) is 0 Å². The first-order valence-electron chi connectivity index (χ1n) is 6.26. The van der Waals surface area contributed by atoms with E-state index in [1.54, 1.807) is 21.7 Å². The van der Waals surface area contributed by atoms with E-state index < -0.39 is 0 Å². The summed E-state index contributed by atoms with van der Waals surface area (Å²) in [5, 5.41) is 1.97. The fourth-order valence-electron chi connectivity index (χ4n) is 1.80. The Bertz CT molecular complexity index is 362. The molecule has 0 spiro atoms. The molecule has 0 aliphatic heterocycles. The number of carbonyl (C=O) groups excluding carboxylic acids is 1. The average Bonchev–Trinajstić information content (AvgIpc) is 2.78. The summed E-state index contributed by atoms with van der Waals surface area (Å²) in [6.07, 6.45) is 2.41. The van der Waals surface area contributed by atoms with E-state index in [1.165, 1.54) is 0 Å². The van der Waals surface area contributed by atoms with Crippen LogP contribution in [-0.2, 0) is 11.3 Å². The Labute approximate surface area is 113 Å². The summed E-state index contributed by atoms with van der Waals surface area (Å²) in [5.74, 6) is 0.174. The molecule has 0 atom stereocenters. The van der Waals surface area contributed by atoms with Crippen LogP contribution in [0, 0.1) is 5.41 Å². The quantitative estimate of drug-likeness (QED) is 0.826. The lowest BCUT2D eigenvalue weighted by atomic mass is 9.84. The predicted molar refractivity (Wildman–Crippen MR) is 75.3 cm³/mol. The number of nitrogens with two attached hydrogens (primary N) is 1. The van der Waals surface area contributed by atoms with Gasteiger partial charge in [0, 0.05) is 18.8 Å². The molecule has 102 valence electrons. The van der Waals surface area contributed by atoms with Crippen LogP contribution in [0.5, 0.6) is 0 Å². The van der Waals surface area contributed by atoms with Crippen molar-refractivity contribution in [1.82, 2.24) is 9.88 Å². The van der Waals surface area contributed by atoms with Gasteiger partial charge in [0.25, 0.3) is 0 Å². The van der Waals surface area contributed by atoms with Crippen LogP contribution < -0.4 is 5.73 Å². The molecule has 1 aromatic heterocycles. The topological polar surface area (TPSA) is 59.2 Å². The summed E-state index contributed by atoms with van der Waals surface area (Å²) in [5.41, 5.74) is 8.46. The maximum absolute atomic E-state index is 12.0. The second kappa shape index (κ2) is 6.85. The number of rotatable bonds is 7. The molecule has 0 saturated carbocycles. The van der Waals surface area contributed by atoms with Crippen molar-refractivity contribution in [3.8, 4) is 0 Å². The highest BCUT2D eigenvalue weighted by Crippen LogP contribution is 2.26. The summed E-state index contributed by atoms with van der Waals surface area (Å²) in [4.78, 5) is 17.9. The van der Waals surface area contributed by atoms with Gasteiger partial charge in [0.05, 0.1) is 17.7 Å². The van der Waals surface area contributed by atoms with Crippen molar-refractivity contribution in [2.75, 3.05) is 13.6 Å². The van der Waals surface area contributed by atoms with Crippen molar-refractivity contribution in [2.24, 2.45) is 11.1 Å². The van der Waals surface area contributed by atoms with Crippen LogP contribution in [0.3, 0.4) is 0 Å². The van der Waals surface area contributed by atoms with Crippen molar-refractivity contribution < 1.29 is 4.79 Å². The minimum absolute atomic E-state index is 0.145. The van der Waals surface area contributed by atoms with Gasteiger partial charge in [-0.3, -0.25) is 4.79 Å². The predicted octanol–water partition coefficient (Wildman–Crippen LogP) is 2.26. The molecule has 0 saturated heterocycles. The molecule has 5 heteroatoms. The van der Waals surface area contributed by atoms with E-state index >= 15 is 0 Å². The first kappa shape index (κ1) is 15.1. The van der Waals surface area contributed by atoms with E-state index in [0.29, 0.717) is 19.5 Å². The number of thiazole rings is 1. The molecule has 1 rings (SSSR count). The van der Waals surface area contributed by atoms with Crippen LogP contribution in [0.15, 0.2) is 10.9 Å². The number of hydrogen-bond acceptors (Lipinski definition) is 4. The maximum Gasteiger partial charge on any atom is 0.222 e. The smallest absolute Gasteiger partial charge is 0.222 e. The summed E-state index contributed by atoms with van der Waals surface area (Å²) in [6.45, 7) is 5.59. The van der Waals surface area contributed by atoms with Crippen LogP contribution in [0.25, 0.3) is 0 Å². The third-order valence-electron chi connectivity index (χ3n) is 3.15. The molecule has 0 bridgehead atoms. The Kier molecular flexibility index (Phi) is 5.75. The van der Waals surface area contributed by atoms with E-state index in [2.05, 4.69) is 18.8 Å². The minimum atomic E-state index is 0.145. The largest absolute Gasteiger partial charge is 0.340 e. The molecule has 0 aliphatic rings. The Morgan fingerprint density at radius 3 is 2.78 bits per heavy atom. The van der Waals surface area contributed by atoms with Gasteiger partial charge >= 0.3 is 0 Å². The second-order valence-corrected chi connectivity index (χ2v) is 6.15. The molecule has 0 aromatic carbocycles. The Hall–Kier alpha value is -0.940. The molecule has 2 N–H and O–H groups in total. The van der Waals surface area contributed by atoms with Crippen molar-refractivity contribution in [1.29, 1.82) is 0 Å². The summed E-state index contributed by atoms with van der Waals surface area (Å²) in [7, 11) is 1.83. The van der Waals surface area contributed by atoms with Crippen LogP contribution in [0.1, 0.15) is 38.8 Å². The van der Waals surface area contributed by atoms with Crippen LogP contribution in [0.2, 0.25) is 0 Å². The summed E-state index contributed by atoms with van der Waals surface area (Å²) in [6, 6.07) is 0. The first-order valence-corrected chi connectivity index (χ1v) is 7.20. The van der Waals surface area contributed by atoms with Gasteiger partial charge in [-0.05, 0) is 24.8 Å². The van der Waals surface area contributed by atoms with E-state index in [0.717, 1.165) is 18.5 Å². The monoisotopic (exact) mass is 269 g/mol. The fraction of sp³-hybridized carbons (Fsp3) is 0.692. The van der Waals surface area contributed by atoms with Gasteiger partial charge < -0.3 is 10.6 Å². The normalized spacial score (nSPS) is 11.6. The third-order valence-corrected chi connectivity index (χ3v) is 3.78. The van der Waals surface area contributed by atoms with E-state index in [-0.39, 0.29) is 11.3 Å². The highest BCUT2D eigenvalue weighted by Gasteiger charge is 2.19. The molecule has 0 fully saturated rings. The van der Waals surface area contributed by atoms with Crippen molar-refractivity contribution in [3.63, 3.8) is 0 Å². The zero-order chi connectivity index (χ0) is 13.6. The molecule has 1 amide bonds. The van der Waals surface area contributed by atoms with Gasteiger partial charge in [0.15, 0.2) is 0 Å². The summed E-state index contributed by atoms with van der Waals surface area (Å²) < 4.78 is 0. The maximum atomic E-state index is 12.0. The van der Waals surface area contributed by atoms with Crippen LogP contribution >= 0.6 is 11.3 Å². The molecule has 4 nitrogen and oxygen atoms in total. The second-order valence-electron chi connectivity index (χ2n) is 5.43. The van der Waals surface area contributed by atoms with E-state index in [9.17, 15) is 4.79 Å². The standard InChI is InChI=1S/C13H23N3OS/c1-13(2,6-7-14)5-4-12(17)16(3)8-11-9-18-10-15-11/h9-10H,4-8,14H2,1-3H3. The van der Waals surface area contributed by atoms with E-state index in [4.69, 9.17) is 5.73 Å². The number of amides is 1. The fourth-order valence-corrected chi connectivity index (χ4v) is 2.35. The van der Waals surface area contributed by atoms with Crippen LogP contribution in [-0.4, -0.2) is 29.4 Å². The molecule has 0 aliphatic carbocycles. The lowest BCUT2D eigenvalue weighted by molar-refractivity contribution is -0.131. The molecule has 0 radical (unpaired) electrons. The molecule has 1 heterocycles. The minimum Gasteiger partial charge on any atom is -0.340 e. The van der Waals surface area contributed by atoms with Crippen molar-refractivity contribution in [2.45, 2.75) is 39.7 Å². The number of aromatic nitrogens is 1. The molecular formula is C13H23N3OS. The summed E-state index contributed by atoms with van der Waals surface area (Å²) >= 11 is 1.55. The number of hydrogen-bond donors (Lipinski definition) is 1. The van der Waals surface area contributed by atoms with Crippen LogP contribution in [0.4, 0.5) is 0 Å². The van der Waals surface area contributed by atoms with E-state index in [1.807, 2.05) is 12.4 Å². The van der Waals surface area contributed by atoms with Gasteiger partial charge in [-0.15, -0.1) is 11.3 Å². The Balaban J connectivity index is 2.36. The Morgan fingerprint density at radius 2 is 2.22 bits per heavy atom. The number of nitrogens with zero attached hydrogens (tertiary/aromatic N) is 2. The molecule has 0 unspecified atom stereocenters. The van der Waals surface area contributed by atoms with Gasteiger partial charge in [-0.25, -0.2) is 4.98 Å².